The number of benzene rings is 4. The van der Waals surface area contributed by atoms with E-state index in [9.17, 15) is 14.9 Å². The largest absolute Gasteiger partial charge is 0.493 e. The number of halogens is 1. The minimum atomic E-state index is -0.434. The molecule has 0 saturated carbocycles. The summed E-state index contributed by atoms with van der Waals surface area (Å²) in [5.41, 5.74) is 3.69. The van der Waals surface area contributed by atoms with E-state index in [1.165, 1.54) is 23.9 Å². The van der Waals surface area contributed by atoms with Crippen molar-refractivity contribution >= 4 is 57.2 Å². The third-order valence-electron chi connectivity index (χ3n) is 6.39. The summed E-state index contributed by atoms with van der Waals surface area (Å²) in [4.78, 5) is 31.2. The SMILES string of the molecule is COc1cc(/C=C2\SC(=NCc3ccccc3)N(Cc3ccccc3)C2=O)cc(I)c1OCc1ccc([N+](=O)[O-])cc1. The Hall–Kier alpha value is -4.16. The normalized spacial score (nSPS) is 14.9. The number of ether oxygens (including phenoxy) is 2. The highest BCUT2D eigenvalue weighted by Crippen LogP contribution is 2.38. The quantitative estimate of drug-likeness (QED) is 0.0742. The van der Waals surface area contributed by atoms with Crippen LogP contribution in [0, 0.1) is 13.7 Å². The number of amidine groups is 1. The van der Waals surface area contributed by atoms with Crippen LogP contribution in [-0.2, 0) is 24.5 Å². The van der Waals surface area contributed by atoms with Gasteiger partial charge < -0.3 is 9.47 Å². The second-order valence-electron chi connectivity index (χ2n) is 9.32. The zero-order chi connectivity index (χ0) is 29.5. The first-order chi connectivity index (χ1) is 20.4. The van der Waals surface area contributed by atoms with Crippen molar-refractivity contribution in [2.45, 2.75) is 19.7 Å². The third kappa shape index (κ3) is 7.18. The second-order valence-corrected chi connectivity index (χ2v) is 11.5. The molecule has 5 rings (SSSR count). The summed E-state index contributed by atoms with van der Waals surface area (Å²) in [6, 6.07) is 29.8. The van der Waals surface area contributed by atoms with Gasteiger partial charge in [0.15, 0.2) is 16.7 Å². The summed E-state index contributed by atoms with van der Waals surface area (Å²) < 4.78 is 12.5. The predicted molar refractivity (Wildman–Crippen MR) is 173 cm³/mol. The predicted octanol–water partition coefficient (Wildman–Crippen LogP) is 7.46. The van der Waals surface area contributed by atoms with Crippen LogP contribution in [0.2, 0.25) is 0 Å². The Morgan fingerprint density at radius 2 is 1.62 bits per heavy atom. The van der Waals surface area contributed by atoms with Crippen molar-refractivity contribution in [2.75, 3.05) is 7.11 Å². The lowest BCUT2D eigenvalue weighted by Crippen LogP contribution is -2.28. The number of thioether (sulfide) groups is 1. The van der Waals surface area contributed by atoms with E-state index in [-0.39, 0.29) is 18.2 Å². The van der Waals surface area contributed by atoms with Crippen molar-refractivity contribution in [3.8, 4) is 11.5 Å². The smallest absolute Gasteiger partial charge is 0.269 e. The number of hydrogen-bond acceptors (Lipinski definition) is 7. The molecular formula is C32H26IN3O5S. The molecule has 1 saturated heterocycles. The summed E-state index contributed by atoms with van der Waals surface area (Å²) in [7, 11) is 1.56. The maximum Gasteiger partial charge on any atom is 0.269 e. The number of nitro benzene ring substituents is 1. The van der Waals surface area contributed by atoms with Crippen LogP contribution in [0.4, 0.5) is 5.69 Å². The van der Waals surface area contributed by atoms with Gasteiger partial charge in [-0.15, -0.1) is 0 Å². The average molecular weight is 692 g/mol. The minimum absolute atomic E-state index is 0.0261. The Balaban J connectivity index is 1.38. The van der Waals surface area contributed by atoms with Gasteiger partial charge in [-0.25, -0.2) is 0 Å². The van der Waals surface area contributed by atoms with Crippen molar-refractivity contribution < 1.29 is 19.2 Å². The van der Waals surface area contributed by atoms with Crippen LogP contribution in [0.5, 0.6) is 11.5 Å². The summed E-state index contributed by atoms with van der Waals surface area (Å²) in [6.07, 6.45) is 1.85. The Morgan fingerprint density at radius 1 is 0.952 bits per heavy atom. The van der Waals surface area contributed by atoms with Gasteiger partial charge in [-0.2, -0.15) is 0 Å². The molecule has 0 atom stereocenters. The minimum Gasteiger partial charge on any atom is -0.493 e. The first kappa shape index (κ1) is 29.3. The monoisotopic (exact) mass is 691 g/mol. The summed E-state index contributed by atoms with van der Waals surface area (Å²) in [5, 5.41) is 11.6. The van der Waals surface area contributed by atoms with Crippen molar-refractivity contribution in [3.63, 3.8) is 0 Å². The standard InChI is InChI=1S/C32H26IN3O5S/c1-40-28-17-25(16-27(33)30(28)41-21-24-12-14-26(15-13-24)36(38)39)18-29-31(37)35(20-23-10-6-3-7-11-23)32(42-29)34-19-22-8-4-2-5-9-22/h2-18H,19-21H2,1H3/b29-18-,34-32?. The van der Waals surface area contributed by atoms with Gasteiger partial charge in [0.2, 0.25) is 0 Å². The van der Waals surface area contributed by atoms with Gasteiger partial charge in [-0.3, -0.25) is 24.8 Å². The summed E-state index contributed by atoms with van der Waals surface area (Å²) in [6.45, 7) is 1.12. The Labute approximate surface area is 261 Å². The highest BCUT2D eigenvalue weighted by Gasteiger charge is 2.33. The van der Waals surface area contributed by atoms with Crippen molar-refractivity contribution in [3.05, 3.63) is 138 Å². The van der Waals surface area contributed by atoms with Gasteiger partial charge >= 0.3 is 0 Å². The number of carbonyl (C=O) groups is 1. The first-order valence-electron chi connectivity index (χ1n) is 13.0. The van der Waals surface area contributed by atoms with Crippen LogP contribution in [0.1, 0.15) is 22.3 Å². The van der Waals surface area contributed by atoms with Gasteiger partial charge in [0, 0.05) is 12.1 Å². The van der Waals surface area contributed by atoms with Gasteiger partial charge in [0.25, 0.3) is 11.6 Å². The lowest BCUT2D eigenvalue weighted by atomic mass is 10.1. The van der Waals surface area contributed by atoms with Crippen LogP contribution < -0.4 is 9.47 Å². The van der Waals surface area contributed by atoms with Gasteiger partial charge in [-0.1, -0.05) is 60.7 Å². The summed E-state index contributed by atoms with van der Waals surface area (Å²) >= 11 is 3.54. The third-order valence-corrected chi connectivity index (χ3v) is 8.24. The Kier molecular flexibility index (Phi) is 9.55. The molecule has 10 heteroatoms. The molecule has 0 N–H and O–H groups in total. The van der Waals surface area contributed by atoms with Gasteiger partial charge in [-0.05, 0) is 86.9 Å². The molecule has 0 aromatic heterocycles. The molecule has 8 nitrogen and oxygen atoms in total. The fraction of sp³-hybridized carbons (Fsp3) is 0.125. The highest BCUT2D eigenvalue weighted by molar-refractivity contribution is 14.1. The lowest BCUT2D eigenvalue weighted by molar-refractivity contribution is -0.384. The van der Waals surface area contributed by atoms with E-state index < -0.39 is 4.92 Å². The van der Waals surface area contributed by atoms with Crippen molar-refractivity contribution in [1.82, 2.24) is 4.90 Å². The van der Waals surface area contributed by atoms with Crippen molar-refractivity contribution in [2.24, 2.45) is 4.99 Å². The number of aliphatic imine (C=N–C) groups is 1. The molecule has 4 aromatic carbocycles. The van der Waals surface area contributed by atoms with Crippen LogP contribution in [-0.4, -0.2) is 28.0 Å². The fourth-order valence-corrected chi connectivity index (χ4v) is 6.01. The molecule has 1 fully saturated rings. The fourth-order valence-electron chi connectivity index (χ4n) is 4.26. The number of nitro groups is 1. The molecule has 0 unspecified atom stereocenters. The van der Waals surface area contributed by atoms with E-state index in [1.54, 1.807) is 24.1 Å². The van der Waals surface area contributed by atoms with E-state index in [4.69, 9.17) is 14.5 Å². The van der Waals surface area contributed by atoms with E-state index in [0.717, 1.165) is 25.8 Å². The number of non-ortho nitro benzene ring substituents is 1. The molecule has 0 spiro atoms. The molecule has 0 radical (unpaired) electrons. The zero-order valence-electron chi connectivity index (χ0n) is 22.6. The molecule has 212 valence electrons. The van der Waals surface area contributed by atoms with Crippen LogP contribution in [0.3, 0.4) is 0 Å². The van der Waals surface area contributed by atoms with E-state index in [2.05, 4.69) is 22.6 Å². The summed E-state index contributed by atoms with van der Waals surface area (Å²) in [5.74, 6) is 0.966. The van der Waals surface area contributed by atoms with E-state index in [1.807, 2.05) is 78.9 Å². The Morgan fingerprint density at radius 3 is 2.26 bits per heavy atom. The number of nitrogens with zero attached hydrogens (tertiary/aromatic N) is 3. The average Bonchev–Trinajstić information content (AvgIpc) is 3.29. The highest BCUT2D eigenvalue weighted by atomic mass is 127. The molecule has 4 aromatic rings. The molecule has 42 heavy (non-hydrogen) atoms. The number of rotatable bonds is 10. The van der Waals surface area contributed by atoms with Gasteiger partial charge in [0.05, 0.1) is 33.6 Å². The maximum atomic E-state index is 13.6. The van der Waals surface area contributed by atoms with Crippen molar-refractivity contribution in [1.29, 1.82) is 0 Å². The number of hydrogen-bond donors (Lipinski definition) is 0. The topological polar surface area (TPSA) is 94.3 Å². The molecule has 1 amide bonds. The molecule has 1 heterocycles. The molecular weight excluding hydrogens is 665 g/mol. The molecule has 0 bridgehead atoms. The molecule has 1 aliphatic heterocycles. The van der Waals surface area contributed by atoms with Crippen LogP contribution in [0.15, 0.2) is 107 Å². The zero-order valence-corrected chi connectivity index (χ0v) is 25.6. The maximum absolute atomic E-state index is 13.6. The lowest BCUT2D eigenvalue weighted by Gasteiger charge is -2.16. The number of methoxy groups -OCH3 is 1. The van der Waals surface area contributed by atoms with Gasteiger partial charge in [0.1, 0.15) is 6.61 Å². The number of amides is 1. The van der Waals surface area contributed by atoms with Crippen LogP contribution >= 0.6 is 34.4 Å². The van der Waals surface area contributed by atoms with Crippen LogP contribution in [0.25, 0.3) is 6.08 Å². The van der Waals surface area contributed by atoms with E-state index >= 15 is 0 Å². The Bertz CT molecular complexity index is 1640. The molecule has 0 aliphatic carbocycles. The van der Waals surface area contributed by atoms with E-state index in [0.29, 0.717) is 34.7 Å². The number of carbonyl (C=O) groups excluding carboxylic acids is 1. The first-order valence-corrected chi connectivity index (χ1v) is 14.9. The second kappa shape index (κ2) is 13.7. The molecule has 1 aliphatic rings.